The lowest BCUT2D eigenvalue weighted by atomic mass is 10.3. The number of nitriles is 1. The van der Waals surface area contributed by atoms with E-state index in [2.05, 4.69) is 20.3 Å². The van der Waals surface area contributed by atoms with Crippen molar-refractivity contribution in [3.05, 3.63) is 42.0 Å². The zero-order valence-electron chi connectivity index (χ0n) is 11.6. The molecule has 0 atom stereocenters. The minimum Gasteiger partial charge on any atom is -0.475 e. The average molecular weight is 285 g/mol. The van der Waals surface area contributed by atoms with Crippen LogP contribution in [0.5, 0.6) is 5.88 Å². The molecule has 0 bridgehead atoms. The fourth-order valence-electron chi connectivity index (χ4n) is 1.57. The molecule has 0 aliphatic heterocycles. The predicted octanol–water partition coefficient (Wildman–Crippen LogP) is 1.38. The van der Waals surface area contributed by atoms with Gasteiger partial charge in [-0.25, -0.2) is 15.0 Å². The Labute approximate surface area is 122 Å². The summed E-state index contributed by atoms with van der Waals surface area (Å²) in [5.41, 5.74) is 1.22. The molecule has 2 rings (SSSR count). The van der Waals surface area contributed by atoms with Gasteiger partial charge in [-0.2, -0.15) is 5.26 Å². The van der Waals surface area contributed by atoms with E-state index in [9.17, 15) is 0 Å². The first-order chi connectivity index (χ1) is 10.3. The third-order valence-electron chi connectivity index (χ3n) is 2.60. The second-order valence-electron chi connectivity index (χ2n) is 4.06. The third kappa shape index (κ3) is 4.40. The topological polar surface area (TPSA) is 93.0 Å². The van der Waals surface area contributed by atoms with Crippen molar-refractivity contribution in [2.45, 2.75) is 6.54 Å². The molecule has 108 valence electrons. The molecular weight excluding hydrogens is 270 g/mol. The summed E-state index contributed by atoms with van der Waals surface area (Å²) in [4.78, 5) is 12.2. The van der Waals surface area contributed by atoms with E-state index >= 15 is 0 Å². The van der Waals surface area contributed by atoms with Crippen LogP contribution in [-0.2, 0) is 11.3 Å². The van der Waals surface area contributed by atoms with E-state index in [0.29, 0.717) is 31.5 Å². The summed E-state index contributed by atoms with van der Waals surface area (Å²) in [5, 5.41) is 12.0. The number of aromatic nitrogens is 3. The Balaban J connectivity index is 1.90. The molecule has 0 saturated carbocycles. The van der Waals surface area contributed by atoms with Crippen LogP contribution in [0.3, 0.4) is 0 Å². The van der Waals surface area contributed by atoms with Crippen LogP contribution < -0.4 is 10.1 Å². The van der Waals surface area contributed by atoms with E-state index in [1.54, 1.807) is 19.4 Å². The van der Waals surface area contributed by atoms with Crippen molar-refractivity contribution < 1.29 is 9.47 Å². The van der Waals surface area contributed by atoms with Gasteiger partial charge in [-0.05, 0) is 5.56 Å². The van der Waals surface area contributed by atoms with E-state index in [4.69, 9.17) is 14.7 Å². The Morgan fingerprint density at radius 3 is 2.76 bits per heavy atom. The van der Waals surface area contributed by atoms with Gasteiger partial charge >= 0.3 is 0 Å². The fourth-order valence-corrected chi connectivity index (χ4v) is 1.57. The number of nitrogens with zero attached hydrogens (tertiary/aromatic N) is 4. The number of anilines is 1. The van der Waals surface area contributed by atoms with Gasteiger partial charge in [0.1, 0.15) is 12.7 Å². The maximum atomic E-state index is 8.92. The van der Waals surface area contributed by atoms with Crippen LogP contribution in [0.1, 0.15) is 11.3 Å². The molecule has 2 aromatic heterocycles. The van der Waals surface area contributed by atoms with Gasteiger partial charge in [-0.3, -0.25) is 0 Å². The highest BCUT2D eigenvalue weighted by atomic mass is 16.5. The molecule has 2 aromatic rings. The second kappa shape index (κ2) is 7.77. The van der Waals surface area contributed by atoms with Gasteiger partial charge in [0, 0.05) is 38.3 Å². The molecule has 7 nitrogen and oxygen atoms in total. The van der Waals surface area contributed by atoms with Crippen molar-refractivity contribution in [2.24, 2.45) is 0 Å². The summed E-state index contributed by atoms with van der Waals surface area (Å²) < 4.78 is 10.3. The standard InChI is InChI=1S/C14H15N5O2/c1-20-6-7-21-13-3-2-11(9-18-13)10-19-14-12(8-15)16-4-5-17-14/h2-5,9H,6-7,10H2,1H3,(H,17,19). The molecule has 1 N–H and O–H groups in total. The summed E-state index contributed by atoms with van der Waals surface area (Å²) in [5.74, 6) is 1.01. The van der Waals surface area contributed by atoms with Crippen LogP contribution in [0.25, 0.3) is 0 Å². The number of methoxy groups -OCH3 is 1. The summed E-state index contributed by atoms with van der Waals surface area (Å²) in [6, 6.07) is 5.67. The van der Waals surface area contributed by atoms with Crippen LogP contribution in [0.2, 0.25) is 0 Å². The van der Waals surface area contributed by atoms with Crippen LogP contribution >= 0.6 is 0 Å². The van der Waals surface area contributed by atoms with Crippen molar-refractivity contribution in [3.63, 3.8) is 0 Å². The molecule has 0 aliphatic carbocycles. The smallest absolute Gasteiger partial charge is 0.213 e. The van der Waals surface area contributed by atoms with Gasteiger partial charge in [0.05, 0.1) is 6.61 Å². The number of pyridine rings is 1. The number of nitrogens with one attached hydrogen (secondary N) is 1. The first kappa shape index (κ1) is 14.7. The second-order valence-corrected chi connectivity index (χ2v) is 4.06. The summed E-state index contributed by atoms with van der Waals surface area (Å²) in [7, 11) is 1.62. The van der Waals surface area contributed by atoms with E-state index in [1.807, 2.05) is 12.1 Å². The minimum atomic E-state index is 0.268. The van der Waals surface area contributed by atoms with Crippen LogP contribution in [0, 0.1) is 11.3 Å². The highest BCUT2D eigenvalue weighted by Gasteiger charge is 2.04. The molecule has 0 unspecified atom stereocenters. The van der Waals surface area contributed by atoms with Gasteiger partial charge < -0.3 is 14.8 Å². The molecule has 0 fully saturated rings. The molecule has 0 saturated heterocycles. The van der Waals surface area contributed by atoms with Crippen molar-refractivity contribution in [1.82, 2.24) is 15.0 Å². The SMILES string of the molecule is COCCOc1ccc(CNc2nccnc2C#N)cn1. The van der Waals surface area contributed by atoms with Gasteiger partial charge in [0.2, 0.25) is 5.88 Å². The van der Waals surface area contributed by atoms with Crippen LogP contribution in [0.15, 0.2) is 30.7 Å². The molecule has 0 radical (unpaired) electrons. The van der Waals surface area contributed by atoms with E-state index in [-0.39, 0.29) is 5.69 Å². The van der Waals surface area contributed by atoms with Crippen LogP contribution in [0.4, 0.5) is 5.82 Å². The lowest BCUT2D eigenvalue weighted by Crippen LogP contribution is -2.07. The lowest BCUT2D eigenvalue weighted by Gasteiger charge is -2.07. The monoisotopic (exact) mass is 285 g/mol. The van der Waals surface area contributed by atoms with Gasteiger partial charge in [-0.15, -0.1) is 0 Å². The molecule has 0 spiro atoms. The Kier molecular flexibility index (Phi) is 5.43. The van der Waals surface area contributed by atoms with Crippen LogP contribution in [-0.4, -0.2) is 35.3 Å². The molecule has 0 amide bonds. The first-order valence-corrected chi connectivity index (χ1v) is 6.35. The number of ether oxygens (including phenoxy) is 2. The van der Waals surface area contributed by atoms with Crippen molar-refractivity contribution in [1.29, 1.82) is 5.26 Å². The maximum absolute atomic E-state index is 8.92. The average Bonchev–Trinajstić information content (AvgIpc) is 2.54. The number of rotatable bonds is 7. The fraction of sp³-hybridized carbons (Fsp3) is 0.286. The number of hydrogen-bond acceptors (Lipinski definition) is 7. The summed E-state index contributed by atoms with van der Waals surface area (Å²) >= 11 is 0. The highest BCUT2D eigenvalue weighted by molar-refractivity contribution is 5.46. The molecular formula is C14H15N5O2. The quantitative estimate of drug-likeness (QED) is 0.768. The Hall–Kier alpha value is -2.72. The van der Waals surface area contributed by atoms with E-state index in [0.717, 1.165) is 5.56 Å². The van der Waals surface area contributed by atoms with Gasteiger partial charge in [0.15, 0.2) is 11.5 Å². The Morgan fingerprint density at radius 1 is 1.19 bits per heavy atom. The third-order valence-corrected chi connectivity index (χ3v) is 2.60. The predicted molar refractivity (Wildman–Crippen MR) is 75.7 cm³/mol. The highest BCUT2D eigenvalue weighted by Crippen LogP contribution is 2.11. The molecule has 0 aliphatic rings. The van der Waals surface area contributed by atoms with Crippen molar-refractivity contribution in [3.8, 4) is 11.9 Å². The van der Waals surface area contributed by atoms with Crippen molar-refractivity contribution in [2.75, 3.05) is 25.6 Å². The zero-order chi connectivity index (χ0) is 14.9. The lowest BCUT2D eigenvalue weighted by molar-refractivity contribution is 0.143. The molecule has 7 heteroatoms. The summed E-state index contributed by atoms with van der Waals surface area (Å²) in [6.45, 7) is 1.49. The largest absolute Gasteiger partial charge is 0.475 e. The zero-order valence-corrected chi connectivity index (χ0v) is 11.6. The van der Waals surface area contributed by atoms with E-state index < -0.39 is 0 Å². The molecule has 21 heavy (non-hydrogen) atoms. The normalized spacial score (nSPS) is 9.90. The summed E-state index contributed by atoms with van der Waals surface area (Å²) in [6.07, 6.45) is 4.73. The number of hydrogen-bond donors (Lipinski definition) is 1. The van der Waals surface area contributed by atoms with Gasteiger partial charge in [-0.1, -0.05) is 6.07 Å². The van der Waals surface area contributed by atoms with Crippen molar-refractivity contribution >= 4 is 5.82 Å². The Morgan fingerprint density at radius 2 is 2.05 bits per heavy atom. The Bertz CT molecular complexity index is 610. The first-order valence-electron chi connectivity index (χ1n) is 6.35. The molecule has 2 heterocycles. The molecule has 0 aromatic carbocycles. The van der Waals surface area contributed by atoms with E-state index in [1.165, 1.54) is 12.4 Å². The maximum Gasteiger partial charge on any atom is 0.213 e. The van der Waals surface area contributed by atoms with Gasteiger partial charge in [0.25, 0.3) is 0 Å². The minimum absolute atomic E-state index is 0.268.